The molecular formula is C23H20F3NO4. The van der Waals surface area contributed by atoms with Crippen LogP contribution in [0.15, 0.2) is 54.6 Å². The van der Waals surface area contributed by atoms with Gasteiger partial charge >= 0.3 is 6.36 Å². The van der Waals surface area contributed by atoms with Crippen LogP contribution in [0, 0.1) is 0 Å². The number of aromatic hydroxyl groups is 1. The number of ether oxygens (including phenoxy) is 1. The second kappa shape index (κ2) is 8.11. The predicted octanol–water partition coefficient (Wildman–Crippen LogP) is 4.71. The van der Waals surface area contributed by atoms with Crippen molar-refractivity contribution in [1.29, 1.82) is 0 Å². The number of β-amino-alcohol motifs (C(OH)–C–C–N with tert-alkyl or cyclic N) is 1. The lowest BCUT2D eigenvalue weighted by molar-refractivity contribution is -0.275. The fourth-order valence-electron chi connectivity index (χ4n) is 3.88. The van der Waals surface area contributed by atoms with Gasteiger partial charge in [-0.15, -0.1) is 13.2 Å². The number of hydrogen-bond acceptors (Lipinski definition) is 4. The quantitative estimate of drug-likeness (QED) is 0.630. The van der Waals surface area contributed by atoms with E-state index in [1.54, 1.807) is 35.2 Å². The summed E-state index contributed by atoms with van der Waals surface area (Å²) in [7, 11) is 0. The number of nitrogens with zero attached hydrogens (tertiary/aromatic N) is 1. The first-order valence-corrected chi connectivity index (χ1v) is 9.80. The molecule has 3 aromatic rings. The van der Waals surface area contributed by atoms with Crippen molar-refractivity contribution in [3.8, 4) is 22.6 Å². The minimum atomic E-state index is -4.92. The number of rotatable bonds is 3. The highest BCUT2D eigenvalue weighted by molar-refractivity contribution is 6.02. The molecule has 0 bridgehead atoms. The van der Waals surface area contributed by atoms with Gasteiger partial charge in [-0.1, -0.05) is 30.3 Å². The van der Waals surface area contributed by atoms with E-state index in [1.807, 2.05) is 6.07 Å². The Labute approximate surface area is 176 Å². The SMILES string of the molecule is O=C(c1ccc2c(-c3ccc(O)c(OC(F)(F)F)c3)cccc2c1)N1CCC[C@H](O)C1. The van der Waals surface area contributed by atoms with Gasteiger partial charge in [-0.25, -0.2) is 0 Å². The first-order chi connectivity index (χ1) is 14.7. The lowest BCUT2D eigenvalue weighted by atomic mass is 9.96. The van der Waals surface area contributed by atoms with Crippen molar-refractivity contribution in [2.45, 2.75) is 25.3 Å². The topological polar surface area (TPSA) is 70.0 Å². The Morgan fingerprint density at radius 1 is 1.10 bits per heavy atom. The van der Waals surface area contributed by atoms with Gasteiger partial charge in [0.2, 0.25) is 0 Å². The van der Waals surface area contributed by atoms with E-state index >= 15 is 0 Å². The Morgan fingerprint density at radius 2 is 1.90 bits per heavy atom. The van der Waals surface area contributed by atoms with Crippen LogP contribution in [0.25, 0.3) is 21.9 Å². The molecule has 31 heavy (non-hydrogen) atoms. The van der Waals surface area contributed by atoms with Gasteiger partial charge in [0.15, 0.2) is 11.5 Å². The van der Waals surface area contributed by atoms with Crippen LogP contribution < -0.4 is 4.74 Å². The molecule has 162 valence electrons. The molecule has 0 unspecified atom stereocenters. The maximum absolute atomic E-state index is 12.8. The third kappa shape index (κ3) is 4.59. The molecular weight excluding hydrogens is 411 g/mol. The van der Waals surface area contributed by atoms with Crippen LogP contribution in [0.2, 0.25) is 0 Å². The third-order valence-electron chi connectivity index (χ3n) is 5.31. The van der Waals surface area contributed by atoms with Crippen LogP contribution >= 0.6 is 0 Å². The number of aliphatic hydroxyl groups excluding tert-OH is 1. The number of piperidine rings is 1. The number of benzene rings is 3. The largest absolute Gasteiger partial charge is 0.573 e. The van der Waals surface area contributed by atoms with Crippen LogP contribution in [0.1, 0.15) is 23.2 Å². The molecule has 0 aromatic heterocycles. The van der Waals surface area contributed by atoms with Crippen molar-refractivity contribution in [3.05, 3.63) is 60.2 Å². The normalized spacial score (nSPS) is 17.0. The third-order valence-corrected chi connectivity index (χ3v) is 5.31. The summed E-state index contributed by atoms with van der Waals surface area (Å²) < 4.78 is 41.8. The summed E-state index contributed by atoms with van der Waals surface area (Å²) in [4.78, 5) is 14.4. The second-order valence-corrected chi connectivity index (χ2v) is 7.52. The van der Waals surface area contributed by atoms with Crippen LogP contribution in [0.5, 0.6) is 11.5 Å². The summed E-state index contributed by atoms with van der Waals surface area (Å²) in [6.45, 7) is 0.885. The van der Waals surface area contributed by atoms with Gasteiger partial charge < -0.3 is 19.8 Å². The van der Waals surface area contributed by atoms with Gasteiger partial charge in [-0.3, -0.25) is 4.79 Å². The number of hydrogen-bond donors (Lipinski definition) is 2. The zero-order valence-corrected chi connectivity index (χ0v) is 16.4. The Morgan fingerprint density at radius 3 is 2.65 bits per heavy atom. The van der Waals surface area contributed by atoms with E-state index < -0.39 is 24.0 Å². The standard InChI is InChI=1S/C23H20F3NO4/c24-23(25,26)31-21-12-15(7-9-20(21)29)18-5-1-3-14-11-16(6-8-19(14)18)22(30)27-10-2-4-17(28)13-27/h1,3,5-9,11-12,17,28-29H,2,4,10,13H2/t17-/m0/s1. The molecule has 1 atom stereocenters. The number of carbonyl (C=O) groups excluding carboxylic acids is 1. The van der Waals surface area contributed by atoms with E-state index in [1.165, 1.54) is 6.07 Å². The fourth-order valence-corrected chi connectivity index (χ4v) is 3.88. The summed E-state index contributed by atoms with van der Waals surface area (Å²) in [5, 5.41) is 21.0. The molecule has 1 fully saturated rings. The van der Waals surface area contributed by atoms with Crippen molar-refractivity contribution in [2.75, 3.05) is 13.1 Å². The van der Waals surface area contributed by atoms with Crippen molar-refractivity contribution >= 4 is 16.7 Å². The highest BCUT2D eigenvalue weighted by Crippen LogP contribution is 2.37. The second-order valence-electron chi connectivity index (χ2n) is 7.52. The predicted molar refractivity (Wildman–Crippen MR) is 109 cm³/mol. The van der Waals surface area contributed by atoms with Crippen LogP contribution in [0.4, 0.5) is 13.2 Å². The number of phenolic OH excluding ortho intramolecular Hbond substituents is 1. The van der Waals surface area contributed by atoms with E-state index in [0.29, 0.717) is 36.2 Å². The molecule has 5 nitrogen and oxygen atoms in total. The van der Waals surface area contributed by atoms with E-state index in [9.17, 15) is 28.2 Å². The molecule has 8 heteroatoms. The maximum Gasteiger partial charge on any atom is 0.573 e. The minimum absolute atomic E-state index is 0.170. The van der Waals surface area contributed by atoms with Crippen molar-refractivity contribution < 1.29 is 32.9 Å². The number of aliphatic hydroxyl groups is 1. The van der Waals surface area contributed by atoms with Gasteiger partial charge in [0.25, 0.3) is 5.91 Å². The van der Waals surface area contributed by atoms with Crippen LogP contribution in [-0.2, 0) is 0 Å². The molecule has 0 saturated carbocycles. The Kier molecular flexibility index (Phi) is 5.49. The van der Waals surface area contributed by atoms with Crippen LogP contribution in [0.3, 0.4) is 0 Å². The molecule has 3 aromatic carbocycles. The Bertz CT molecular complexity index is 1130. The zero-order chi connectivity index (χ0) is 22.2. The molecule has 1 aliphatic rings. The Balaban J connectivity index is 1.69. The van der Waals surface area contributed by atoms with Gasteiger partial charge in [-0.2, -0.15) is 0 Å². The average Bonchev–Trinajstić information content (AvgIpc) is 2.73. The molecule has 1 heterocycles. The summed E-state index contributed by atoms with van der Waals surface area (Å²) >= 11 is 0. The number of phenols is 1. The summed E-state index contributed by atoms with van der Waals surface area (Å²) in [6, 6.07) is 14.2. The number of carbonyl (C=O) groups is 1. The van der Waals surface area contributed by atoms with E-state index in [4.69, 9.17) is 0 Å². The monoisotopic (exact) mass is 431 g/mol. The first kappa shape index (κ1) is 21.0. The minimum Gasteiger partial charge on any atom is -0.504 e. The lowest BCUT2D eigenvalue weighted by Gasteiger charge is -2.30. The smallest absolute Gasteiger partial charge is 0.504 e. The molecule has 1 aliphatic heterocycles. The van der Waals surface area contributed by atoms with E-state index in [0.717, 1.165) is 29.3 Å². The zero-order valence-electron chi connectivity index (χ0n) is 16.4. The first-order valence-electron chi connectivity index (χ1n) is 9.80. The maximum atomic E-state index is 12.8. The van der Waals surface area contributed by atoms with Gasteiger partial charge in [-0.05, 0) is 59.0 Å². The number of halogens is 3. The van der Waals surface area contributed by atoms with Crippen molar-refractivity contribution in [2.24, 2.45) is 0 Å². The van der Waals surface area contributed by atoms with Crippen molar-refractivity contribution in [3.63, 3.8) is 0 Å². The molecule has 4 rings (SSSR count). The molecule has 2 N–H and O–H groups in total. The van der Waals surface area contributed by atoms with Crippen LogP contribution in [-0.4, -0.2) is 46.6 Å². The van der Waals surface area contributed by atoms with Gasteiger partial charge in [0.05, 0.1) is 6.10 Å². The van der Waals surface area contributed by atoms with Gasteiger partial charge in [0, 0.05) is 18.7 Å². The van der Waals surface area contributed by atoms with Crippen molar-refractivity contribution in [1.82, 2.24) is 4.90 Å². The number of fused-ring (bicyclic) bond motifs is 1. The molecule has 0 radical (unpaired) electrons. The summed E-state index contributed by atoms with van der Waals surface area (Å²) in [5.74, 6) is -1.47. The number of amides is 1. The molecule has 1 amide bonds. The molecule has 1 saturated heterocycles. The summed E-state index contributed by atoms with van der Waals surface area (Å²) in [5.41, 5.74) is 1.54. The molecule has 0 spiro atoms. The summed E-state index contributed by atoms with van der Waals surface area (Å²) in [6.07, 6.45) is -4.02. The van der Waals surface area contributed by atoms with Gasteiger partial charge in [0.1, 0.15) is 0 Å². The fraction of sp³-hybridized carbons (Fsp3) is 0.261. The number of likely N-dealkylation sites (tertiary alicyclic amines) is 1. The average molecular weight is 431 g/mol. The van der Waals surface area contributed by atoms with E-state index in [-0.39, 0.29) is 5.91 Å². The van der Waals surface area contributed by atoms with E-state index in [2.05, 4.69) is 4.74 Å². The molecule has 0 aliphatic carbocycles. The number of alkyl halides is 3. The lowest BCUT2D eigenvalue weighted by Crippen LogP contribution is -2.42. The highest BCUT2D eigenvalue weighted by atomic mass is 19.4. The highest BCUT2D eigenvalue weighted by Gasteiger charge is 2.32. The Hall–Kier alpha value is -3.26.